The Hall–Kier alpha value is -2.68. The molecule has 0 aliphatic heterocycles. The van der Waals surface area contributed by atoms with Crippen molar-refractivity contribution in [2.24, 2.45) is 0 Å². The van der Waals surface area contributed by atoms with Crippen LogP contribution in [0.25, 0.3) is 0 Å². The Kier molecular flexibility index (Phi) is 6.07. The molecule has 0 saturated carbocycles. The molecule has 1 amide bonds. The van der Waals surface area contributed by atoms with Gasteiger partial charge in [0.05, 0.1) is 12.7 Å². The molecule has 0 bridgehead atoms. The van der Waals surface area contributed by atoms with Gasteiger partial charge in [0.2, 0.25) is 6.41 Å². The zero-order valence-electron chi connectivity index (χ0n) is 13.6. The number of aliphatic hydroxyl groups is 1. The third-order valence-corrected chi connectivity index (χ3v) is 3.84. The predicted octanol–water partition coefficient (Wildman–Crippen LogP) is 2.04. The van der Waals surface area contributed by atoms with E-state index in [1.807, 2.05) is 54.6 Å². The predicted molar refractivity (Wildman–Crippen MR) is 91.6 cm³/mol. The molecule has 5 nitrogen and oxygen atoms in total. The summed E-state index contributed by atoms with van der Waals surface area (Å²) in [6, 6.07) is 19.2. The molecule has 0 aliphatic rings. The standard InChI is InChI=1S/C19H21N3O2/c1-19(13-20,11-15-7-9-16(12-23)10-8-15)22-18(21-14-24)17-5-3-2-4-6-17/h2-10,14,18,22-23H,11-12H2,1H3,(H,21,24)/t18-,19+/m1/s1. The maximum absolute atomic E-state index is 10.9. The van der Waals surface area contributed by atoms with Gasteiger partial charge in [0.1, 0.15) is 11.7 Å². The first kappa shape index (κ1) is 17.7. The lowest BCUT2D eigenvalue weighted by Crippen LogP contribution is -2.49. The molecule has 0 unspecified atom stereocenters. The summed E-state index contributed by atoms with van der Waals surface area (Å²) < 4.78 is 0. The molecule has 0 heterocycles. The maximum atomic E-state index is 10.9. The van der Waals surface area contributed by atoms with Gasteiger partial charge in [-0.2, -0.15) is 5.26 Å². The van der Waals surface area contributed by atoms with Gasteiger partial charge < -0.3 is 10.4 Å². The number of rotatable bonds is 8. The zero-order chi connectivity index (χ0) is 17.4. The van der Waals surface area contributed by atoms with Crippen LogP contribution >= 0.6 is 0 Å². The lowest BCUT2D eigenvalue weighted by Gasteiger charge is -2.29. The normalized spacial score (nSPS) is 14.2. The molecular weight excluding hydrogens is 302 g/mol. The Morgan fingerprint density at radius 2 is 1.79 bits per heavy atom. The number of nitrogens with one attached hydrogen (secondary N) is 2. The molecule has 2 aromatic rings. The molecule has 0 aliphatic carbocycles. The molecule has 3 N–H and O–H groups in total. The van der Waals surface area contributed by atoms with E-state index in [4.69, 9.17) is 5.11 Å². The number of nitrogens with zero attached hydrogens (tertiary/aromatic N) is 1. The van der Waals surface area contributed by atoms with Crippen molar-refractivity contribution in [3.05, 3.63) is 71.3 Å². The van der Waals surface area contributed by atoms with Gasteiger partial charge in [-0.05, 0) is 23.6 Å². The molecule has 0 radical (unpaired) electrons. The van der Waals surface area contributed by atoms with E-state index in [9.17, 15) is 10.1 Å². The SMILES string of the molecule is C[C@@](C#N)(Cc1ccc(CO)cc1)N[C@@H](NC=O)c1ccccc1. The number of carbonyl (C=O) groups excluding carboxylic acids is 1. The Morgan fingerprint density at radius 3 is 2.33 bits per heavy atom. The second-order valence-corrected chi connectivity index (χ2v) is 5.87. The maximum Gasteiger partial charge on any atom is 0.208 e. The Morgan fingerprint density at radius 1 is 1.17 bits per heavy atom. The van der Waals surface area contributed by atoms with Crippen LogP contribution in [0.3, 0.4) is 0 Å². The van der Waals surface area contributed by atoms with Crippen molar-refractivity contribution < 1.29 is 9.90 Å². The van der Waals surface area contributed by atoms with Gasteiger partial charge in [-0.15, -0.1) is 0 Å². The van der Waals surface area contributed by atoms with Crippen molar-refractivity contribution in [3.63, 3.8) is 0 Å². The summed E-state index contributed by atoms with van der Waals surface area (Å²) in [4.78, 5) is 10.9. The second-order valence-electron chi connectivity index (χ2n) is 5.87. The quantitative estimate of drug-likeness (QED) is 0.513. The summed E-state index contributed by atoms with van der Waals surface area (Å²) >= 11 is 0. The van der Waals surface area contributed by atoms with Crippen LogP contribution in [0, 0.1) is 11.3 Å². The highest BCUT2D eigenvalue weighted by atomic mass is 16.3. The minimum absolute atomic E-state index is 0.00656. The van der Waals surface area contributed by atoms with E-state index in [-0.39, 0.29) is 6.61 Å². The monoisotopic (exact) mass is 323 g/mol. The number of amides is 1. The molecule has 2 atom stereocenters. The second kappa shape index (κ2) is 8.25. The zero-order valence-corrected chi connectivity index (χ0v) is 13.6. The molecular formula is C19H21N3O2. The summed E-state index contributed by atoms with van der Waals surface area (Å²) in [5, 5.41) is 24.7. The van der Waals surface area contributed by atoms with E-state index in [1.54, 1.807) is 6.92 Å². The fourth-order valence-corrected chi connectivity index (χ4v) is 2.55. The van der Waals surface area contributed by atoms with E-state index >= 15 is 0 Å². The van der Waals surface area contributed by atoms with Gasteiger partial charge in [0, 0.05) is 6.42 Å². The molecule has 24 heavy (non-hydrogen) atoms. The van der Waals surface area contributed by atoms with Crippen LogP contribution in [0.4, 0.5) is 0 Å². The topological polar surface area (TPSA) is 85.2 Å². The van der Waals surface area contributed by atoms with Gasteiger partial charge in [-0.25, -0.2) is 0 Å². The van der Waals surface area contributed by atoms with Gasteiger partial charge >= 0.3 is 0 Å². The van der Waals surface area contributed by atoms with E-state index in [0.29, 0.717) is 12.8 Å². The van der Waals surface area contributed by atoms with E-state index in [2.05, 4.69) is 16.7 Å². The number of carbonyl (C=O) groups is 1. The van der Waals surface area contributed by atoms with Gasteiger partial charge in [-0.1, -0.05) is 54.6 Å². The molecule has 2 aromatic carbocycles. The van der Waals surface area contributed by atoms with E-state index in [1.165, 1.54) is 0 Å². The third kappa shape index (κ3) is 4.66. The molecule has 5 heteroatoms. The summed E-state index contributed by atoms with van der Waals surface area (Å²) in [6.07, 6.45) is 0.641. The van der Waals surface area contributed by atoms with Crippen LogP contribution in [0.1, 0.15) is 29.8 Å². The van der Waals surface area contributed by atoms with E-state index < -0.39 is 11.7 Å². The molecule has 0 saturated heterocycles. The molecule has 0 spiro atoms. The van der Waals surface area contributed by atoms with Gasteiger partial charge in [0.15, 0.2) is 0 Å². The molecule has 0 aromatic heterocycles. The number of nitriles is 1. The van der Waals surface area contributed by atoms with E-state index in [0.717, 1.165) is 16.7 Å². The average Bonchev–Trinajstić information content (AvgIpc) is 2.63. The Balaban J connectivity index is 2.17. The lowest BCUT2D eigenvalue weighted by molar-refractivity contribution is -0.110. The first-order valence-electron chi connectivity index (χ1n) is 7.72. The minimum atomic E-state index is -0.864. The van der Waals surface area contributed by atoms with Crippen molar-refractivity contribution >= 4 is 6.41 Å². The van der Waals surface area contributed by atoms with Crippen LogP contribution in [0.15, 0.2) is 54.6 Å². The van der Waals surface area contributed by atoms with Crippen LogP contribution in [0.2, 0.25) is 0 Å². The van der Waals surface area contributed by atoms with Crippen LogP contribution in [-0.4, -0.2) is 17.1 Å². The average molecular weight is 323 g/mol. The summed E-state index contributed by atoms with van der Waals surface area (Å²) in [6.45, 7) is 1.79. The number of benzene rings is 2. The van der Waals surface area contributed by atoms with Crippen molar-refractivity contribution in [2.45, 2.75) is 31.7 Å². The lowest BCUT2D eigenvalue weighted by atomic mass is 9.93. The Labute approximate surface area is 141 Å². The largest absolute Gasteiger partial charge is 0.392 e. The van der Waals surface area contributed by atoms with Crippen molar-refractivity contribution in [2.75, 3.05) is 0 Å². The smallest absolute Gasteiger partial charge is 0.208 e. The summed E-state index contributed by atoms with van der Waals surface area (Å²) in [7, 11) is 0. The van der Waals surface area contributed by atoms with Gasteiger partial charge in [0.25, 0.3) is 0 Å². The fraction of sp³-hybridized carbons (Fsp3) is 0.263. The highest BCUT2D eigenvalue weighted by molar-refractivity contribution is 5.47. The Bertz CT molecular complexity index is 695. The number of aliphatic hydroxyl groups excluding tert-OH is 1. The first-order chi connectivity index (χ1) is 11.6. The minimum Gasteiger partial charge on any atom is -0.392 e. The van der Waals surface area contributed by atoms with Crippen molar-refractivity contribution in [3.8, 4) is 6.07 Å². The molecule has 2 rings (SSSR count). The highest BCUT2D eigenvalue weighted by Gasteiger charge is 2.28. The summed E-state index contributed by atoms with van der Waals surface area (Å²) in [5.74, 6) is 0. The number of hydrogen-bond donors (Lipinski definition) is 3. The van der Waals surface area contributed by atoms with Crippen molar-refractivity contribution in [1.29, 1.82) is 5.26 Å². The third-order valence-electron chi connectivity index (χ3n) is 3.84. The van der Waals surface area contributed by atoms with Crippen LogP contribution in [0.5, 0.6) is 0 Å². The van der Waals surface area contributed by atoms with Crippen molar-refractivity contribution in [1.82, 2.24) is 10.6 Å². The molecule has 0 fully saturated rings. The summed E-state index contributed by atoms with van der Waals surface area (Å²) in [5.41, 5.74) is 1.82. The first-order valence-corrected chi connectivity index (χ1v) is 7.72. The highest BCUT2D eigenvalue weighted by Crippen LogP contribution is 2.19. The van der Waals surface area contributed by atoms with Gasteiger partial charge in [-0.3, -0.25) is 10.1 Å². The fourth-order valence-electron chi connectivity index (χ4n) is 2.55. The molecule has 124 valence electrons. The number of hydrogen-bond acceptors (Lipinski definition) is 4. The van der Waals surface area contributed by atoms with Crippen LogP contribution < -0.4 is 10.6 Å². The van der Waals surface area contributed by atoms with Crippen LogP contribution in [-0.2, 0) is 17.8 Å².